The third kappa shape index (κ3) is 6.87. The van der Waals surface area contributed by atoms with E-state index in [1.807, 2.05) is 48.5 Å². The van der Waals surface area contributed by atoms with E-state index in [-0.39, 0.29) is 25.4 Å². The van der Waals surface area contributed by atoms with Crippen molar-refractivity contribution in [3.05, 3.63) is 59.7 Å². The fourth-order valence-corrected chi connectivity index (χ4v) is 4.29. The molecule has 0 unspecified atom stereocenters. The Kier molecular flexibility index (Phi) is 9.80. The number of carbonyl (C=O) groups is 5. The van der Waals surface area contributed by atoms with E-state index >= 15 is 0 Å². The molecule has 11 heteroatoms. The number of benzene rings is 2. The van der Waals surface area contributed by atoms with Crippen molar-refractivity contribution >= 4 is 29.9 Å². The van der Waals surface area contributed by atoms with Gasteiger partial charge >= 0.3 is 24.0 Å². The smallest absolute Gasteiger partial charge is 0.407 e. The fourth-order valence-electron chi connectivity index (χ4n) is 4.29. The van der Waals surface area contributed by atoms with Gasteiger partial charge in [-0.1, -0.05) is 48.5 Å². The van der Waals surface area contributed by atoms with Crippen LogP contribution < -0.4 is 5.32 Å². The topological polar surface area (TPSA) is 138 Å². The maximum absolute atomic E-state index is 13.0. The van der Waals surface area contributed by atoms with Gasteiger partial charge in [0.25, 0.3) is 0 Å². The maximum atomic E-state index is 13.0. The molecule has 0 aromatic heterocycles. The Bertz CT molecular complexity index is 1150. The third-order valence-electron chi connectivity index (χ3n) is 6.15. The first-order chi connectivity index (χ1) is 18.3. The highest BCUT2D eigenvalue weighted by molar-refractivity contribution is 5.88. The molecule has 1 atom stereocenters. The summed E-state index contributed by atoms with van der Waals surface area (Å²) in [4.78, 5) is 61.7. The molecular weight excluding hydrogens is 496 g/mol. The van der Waals surface area contributed by atoms with E-state index in [0.29, 0.717) is 0 Å². The van der Waals surface area contributed by atoms with Gasteiger partial charge in [0.2, 0.25) is 5.91 Å². The van der Waals surface area contributed by atoms with Crippen LogP contribution in [-0.4, -0.2) is 75.0 Å². The highest BCUT2D eigenvalue weighted by Crippen LogP contribution is 2.44. The molecule has 0 heterocycles. The number of rotatable bonds is 11. The van der Waals surface area contributed by atoms with Gasteiger partial charge in [-0.3, -0.25) is 19.3 Å². The fraction of sp³-hybridized carbons (Fsp3) is 0.370. The van der Waals surface area contributed by atoms with Gasteiger partial charge in [-0.05, 0) is 28.7 Å². The predicted octanol–water partition coefficient (Wildman–Crippen LogP) is 2.37. The summed E-state index contributed by atoms with van der Waals surface area (Å²) in [6.07, 6.45) is -1.17. The number of hydrogen-bond acceptors (Lipinski definition) is 9. The first-order valence-electron chi connectivity index (χ1n) is 11.9. The van der Waals surface area contributed by atoms with Gasteiger partial charge in [0, 0.05) is 19.3 Å². The molecule has 202 valence electrons. The van der Waals surface area contributed by atoms with Crippen LogP contribution in [0.4, 0.5) is 4.79 Å². The summed E-state index contributed by atoms with van der Waals surface area (Å²) in [6.45, 7) is 0.0550. The first kappa shape index (κ1) is 28.2. The summed E-state index contributed by atoms with van der Waals surface area (Å²) < 4.78 is 19.7. The number of methoxy groups -OCH3 is 2. The van der Waals surface area contributed by atoms with Gasteiger partial charge in [0.15, 0.2) is 6.73 Å². The van der Waals surface area contributed by atoms with Gasteiger partial charge in [-0.2, -0.15) is 0 Å². The number of hydrogen-bond donors (Lipinski definition) is 1. The average Bonchev–Trinajstić information content (AvgIpc) is 3.25. The van der Waals surface area contributed by atoms with E-state index in [1.165, 1.54) is 7.11 Å². The Morgan fingerprint density at radius 1 is 0.895 bits per heavy atom. The second-order valence-electron chi connectivity index (χ2n) is 8.46. The molecular formula is C27H30N2O9. The van der Waals surface area contributed by atoms with E-state index in [4.69, 9.17) is 14.2 Å². The molecule has 0 fully saturated rings. The van der Waals surface area contributed by atoms with E-state index < -0.39 is 49.2 Å². The van der Waals surface area contributed by atoms with Crippen molar-refractivity contribution in [3.63, 3.8) is 0 Å². The minimum absolute atomic E-state index is 0.0507. The molecule has 0 bridgehead atoms. The van der Waals surface area contributed by atoms with Crippen molar-refractivity contribution < 1.29 is 42.9 Å². The van der Waals surface area contributed by atoms with Gasteiger partial charge in [0.1, 0.15) is 19.2 Å². The Balaban J connectivity index is 1.64. The van der Waals surface area contributed by atoms with E-state index in [2.05, 4.69) is 10.1 Å². The van der Waals surface area contributed by atoms with Crippen molar-refractivity contribution in [1.29, 1.82) is 0 Å². The lowest BCUT2D eigenvalue weighted by molar-refractivity contribution is -0.163. The normalized spacial score (nSPS) is 12.4. The Morgan fingerprint density at radius 3 is 2.05 bits per heavy atom. The van der Waals surface area contributed by atoms with Gasteiger partial charge in [0.05, 0.1) is 14.2 Å². The predicted molar refractivity (Wildman–Crippen MR) is 134 cm³/mol. The summed E-state index contributed by atoms with van der Waals surface area (Å²) in [6, 6.07) is 14.5. The zero-order valence-electron chi connectivity index (χ0n) is 21.4. The molecule has 0 saturated heterocycles. The molecule has 11 nitrogen and oxygen atoms in total. The van der Waals surface area contributed by atoms with Gasteiger partial charge < -0.3 is 24.3 Å². The lowest BCUT2D eigenvalue weighted by atomic mass is 9.98. The van der Waals surface area contributed by atoms with Gasteiger partial charge in [-0.15, -0.1) is 0 Å². The standard InChI is InChI=1S/C27H30N2O9/c1-17(30)38-16-29(23(26(33)36-3)12-13-25(32)35-2)24(31)14-28-27(34)37-15-22-20-10-6-4-8-18(20)19-9-5-7-11-21(19)22/h4-11,22-23H,12-16H2,1-3H3,(H,28,34)/t23-/m0/s1. The molecule has 2 aromatic rings. The molecule has 1 aliphatic carbocycles. The SMILES string of the molecule is COC(=O)CC[C@@H](C(=O)OC)N(COC(C)=O)C(=O)CNC(=O)OCC1c2ccccc2-c2ccccc21. The molecule has 0 spiro atoms. The lowest BCUT2D eigenvalue weighted by Gasteiger charge is -2.29. The molecule has 3 rings (SSSR count). The van der Waals surface area contributed by atoms with Crippen LogP contribution >= 0.6 is 0 Å². The van der Waals surface area contributed by atoms with Crippen LogP contribution in [0.5, 0.6) is 0 Å². The highest BCUT2D eigenvalue weighted by atomic mass is 16.6. The summed E-state index contributed by atoms with van der Waals surface area (Å²) in [5, 5.41) is 2.37. The number of ether oxygens (including phenoxy) is 4. The molecule has 2 aromatic carbocycles. The van der Waals surface area contributed by atoms with E-state index in [9.17, 15) is 24.0 Å². The van der Waals surface area contributed by atoms with Crippen LogP contribution in [0.25, 0.3) is 11.1 Å². The summed E-state index contributed by atoms with van der Waals surface area (Å²) in [5.41, 5.74) is 4.23. The van der Waals surface area contributed by atoms with Crippen molar-refractivity contribution in [1.82, 2.24) is 10.2 Å². The summed E-state index contributed by atoms with van der Waals surface area (Å²) in [7, 11) is 2.31. The molecule has 1 aliphatic rings. The van der Waals surface area contributed by atoms with Crippen molar-refractivity contribution in [3.8, 4) is 11.1 Å². The zero-order valence-corrected chi connectivity index (χ0v) is 21.4. The number of carbonyl (C=O) groups excluding carboxylic acids is 5. The van der Waals surface area contributed by atoms with Crippen LogP contribution in [0.2, 0.25) is 0 Å². The highest BCUT2D eigenvalue weighted by Gasteiger charge is 2.33. The first-order valence-corrected chi connectivity index (χ1v) is 11.9. The third-order valence-corrected chi connectivity index (χ3v) is 6.15. The van der Waals surface area contributed by atoms with Crippen LogP contribution in [0, 0.1) is 0 Å². The maximum Gasteiger partial charge on any atom is 0.407 e. The van der Waals surface area contributed by atoms with Crippen LogP contribution in [0.3, 0.4) is 0 Å². The second-order valence-corrected chi connectivity index (χ2v) is 8.46. The number of fused-ring (bicyclic) bond motifs is 3. The van der Waals surface area contributed by atoms with Crippen LogP contribution in [0.15, 0.2) is 48.5 Å². The quantitative estimate of drug-likeness (QED) is 0.266. The number of amides is 2. The Hall–Kier alpha value is -4.41. The van der Waals surface area contributed by atoms with Crippen LogP contribution in [0.1, 0.15) is 36.8 Å². The van der Waals surface area contributed by atoms with Crippen LogP contribution in [-0.2, 0) is 38.1 Å². The number of esters is 3. The Morgan fingerprint density at radius 2 is 1.50 bits per heavy atom. The van der Waals surface area contributed by atoms with Crippen molar-refractivity contribution in [2.75, 3.05) is 34.1 Å². The molecule has 1 N–H and O–H groups in total. The monoisotopic (exact) mass is 526 g/mol. The minimum Gasteiger partial charge on any atom is -0.469 e. The van der Waals surface area contributed by atoms with Crippen molar-refractivity contribution in [2.45, 2.75) is 31.7 Å². The summed E-state index contributed by atoms with van der Waals surface area (Å²) in [5.74, 6) is -3.03. The molecule has 0 radical (unpaired) electrons. The van der Waals surface area contributed by atoms with Gasteiger partial charge in [-0.25, -0.2) is 9.59 Å². The molecule has 0 aliphatic heterocycles. The lowest BCUT2D eigenvalue weighted by Crippen LogP contribution is -2.50. The minimum atomic E-state index is -1.25. The molecule has 0 saturated carbocycles. The molecule has 38 heavy (non-hydrogen) atoms. The van der Waals surface area contributed by atoms with E-state index in [0.717, 1.165) is 41.2 Å². The summed E-state index contributed by atoms with van der Waals surface area (Å²) >= 11 is 0. The average molecular weight is 527 g/mol. The van der Waals surface area contributed by atoms with E-state index in [1.54, 1.807) is 0 Å². The second kappa shape index (κ2) is 13.2. The Labute approximate surface area is 220 Å². The number of nitrogens with one attached hydrogen (secondary N) is 1. The zero-order chi connectivity index (χ0) is 27.7. The molecule has 2 amide bonds. The number of alkyl carbamates (subject to hydrolysis) is 1. The number of nitrogens with zero attached hydrogens (tertiary/aromatic N) is 1. The van der Waals surface area contributed by atoms with Crippen molar-refractivity contribution in [2.24, 2.45) is 0 Å². The largest absolute Gasteiger partial charge is 0.469 e.